The number of hydrogen-bond donors (Lipinski definition) is 3. The minimum absolute atomic E-state index is 0.0984. The topological polar surface area (TPSA) is 154 Å². The number of phenols is 1. The number of ether oxygens (including phenoxy) is 3. The van der Waals surface area contributed by atoms with E-state index in [1.54, 1.807) is 37.8 Å². The Labute approximate surface area is 240 Å². The number of nitrogens with zero attached hydrogens (tertiary/aromatic N) is 2. The highest BCUT2D eigenvalue weighted by atomic mass is 16.6. The molecule has 0 bridgehead atoms. The van der Waals surface area contributed by atoms with Gasteiger partial charge in [-0.1, -0.05) is 0 Å². The number of nitrogens with one attached hydrogen (secondary N) is 2. The second-order valence-corrected chi connectivity index (χ2v) is 12.2. The molecule has 4 aliphatic rings. The number of piperidine rings is 1. The number of aromatic amines is 2. The van der Waals surface area contributed by atoms with E-state index < -0.39 is 29.0 Å². The first-order valence-corrected chi connectivity index (χ1v) is 13.7. The highest BCUT2D eigenvalue weighted by Crippen LogP contribution is 2.67. The highest BCUT2D eigenvalue weighted by molar-refractivity contribution is 6.14. The molecule has 0 unspecified atom stereocenters. The maximum absolute atomic E-state index is 14.0. The van der Waals surface area contributed by atoms with E-state index in [1.165, 1.54) is 25.2 Å². The number of aromatic hydroxyl groups is 1. The molecule has 218 valence electrons. The van der Waals surface area contributed by atoms with Gasteiger partial charge in [-0.05, 0) is 62.8 Å². The van der Waals surface area contributed by atoms with E-state index in [2.05, 4.69) is 9.97 Å². The zero-order valence-corrected chi connectivity index (χ0v) is 23.8. The zero-order valence-electron chi connectivity index (χ0n) is 23.8. The van der Waals surface area contributed by atoms with E-state index in [9.17, 15) is 24.3 Å². The van der Waals surface area contributed by atoms with Crippen LogP contribution in [0.3, 0.4) is 0 Å². The SMILES string of the molecule is COC(=O)c1cc2c3c(c(O)c(OC)c2[nH]1)N(C(=O)c1cc2c([nH]1)C(=O)C=C1N(C(=O)OC(C)(C)C)C[C@H]4C[C@]124)CC3. The van der Waals surface area contributed by atoms with Crippen molar-refractivity contribution in [1.29, 1.82) is 0 Å². The number of anilines is 1. The third-order valence-electron chi connectivity index (χ3n) is 8.72. The van der Waals surface area contributed by atoms with Gasteiger partial charge in [-0.25, -0.2) is 9.59 Å². The number of H-pyrrole nitrogens is 2. The van der Waals surface area contributed by atoms with Gasteiger partial charge >= 0.3 is 12.1 Å². The molecule has 2 aromatic heterocycles. The predicted octanol–water partition coefficient (Wildman–Crippen LogP) is 3.79. The van der Waals surface area contributed by atoms with Crippen LogP contribution >= 0.6 is 0 Å². The summed E-state index contributed by atoms with van der Waals surface area (Å²) in [5.41, 5.74) is 2.25. The molecule has 2 fully saturated rings. The van der Waals surface area contributed by atoms with Crippen molar-refractivity contribution in [3.05, 3.63) is 52.1 Å². The van der Waals surface area contributed by atoms with Gasteiger partial charge in [-0.2, -0.15) is 0 Å². The molecular formula is C30H30N4O8. The number of esters is 1. The van der Waals surface area contributed by atoms with E-state index in [0.717, 1.165) is 6.42 Å². The van der Waals surface area contributed by atoms with Crippen molar-refractivity contribution in [2.75, 3.05) is 32.2 Å². The summed E-state index contributed by atoms with van der Waals surface area (Å²) in [6, 6.07) is 3.33. The van der Waals surface area contributed by atoms with Gasteiger partial charge < -0.3 is 34.2 Å². The van der Waals surface area contributed by atoms with Crippen molar-refractivity contribution in [3.8, 4) is 11.5 Å². The van der Waals surface area contributed by atoms with Crippen LogP contribution in [0.1, 0.15) is 69.8 Å². The van der Waals surface area contributed by atoms with Gasteiger partial charge in [0, 0.05) is 35.7 Å². The van der Waals surface area contributed by atoms with Crippen molar-refractivity contribution in [2.24, 2.45) is 5.92 Å². The van der Waals surface area contributed by atoms with Crippen LogP contribution in [0, 0.1) is 5.92 Å². The van der Waals surface area contributed by atoms with Gasteiger partial charge in [0.2, 0.25) is 5.78 Å². The normalized spacial score (nSPS) is 21.9. The average Bonchev–Trinajstić information content (AvgIpc) is 3.43. The summed E-state index contributed by atoms with van der Waals surface area (Å²) in [6.45, 7) is 6.09. The number of benzene rings is 1. The number of likely N-dealkylation sites (tertiary alicyclic amines) is 1. The number of allylic oxidation sites excluding steroid dienone is 2. The van der Waals surface area contributed by atoms with Crippen molar-refractivity contribution in [1.82, 2.24) is 14.9 Å². The summed E-state index contributed by atoms with van der Waals surface area (Å²) in [6.07, 6.45) is 2.18. The smallest absolute Gasteiger partial charge is 0.414 e. The minimum atomic E-state index is -0.678. The number of phenolic OH excluding ortho intramolecular Hbond substituents is 1. The van der Waals surface area contributed by atoms with Gasteiger partial charge in [-0.15, -0.1) is 0 Å². The number of ketones is 1. The number of carbonyl (C=O) groups excluding carboxylic acids is 4. The van der Waals surface area contributed by atoms with E-state index in [1.807, 2.05) is 0 Å². The third-order valence-corrected chi connectivity index (χ3v) is 8.72. The largest absolute Gasteiger partial charge is 0.503 e. The molecule has 4 heterocycles. The first-order chi connectivity index (χ1) is 19.9. The Morgan fingerprint density at radius 1 is 1.10 bits per heavy atom. The molecule has 2 amide bonds. The fourth-order valence-corrected chi connectivity index (χ4v) is 6.91. The summed E-state index contributed by atoms with van der Waals surface area (Å²) < 4.78 is 15.9. The van der Waals surface area contributed by atoms with Crippen molar-refractivity contribution in [3.63, 3.8) is 0 Å². The molecule has 0 radical (unpaired) electrons. The van der Waals surface area contributed by atoms with Crippen LogP contribution in [0.5, 0.6) is 11.5 Å². The molecule has 42 heavy (non-hydrogen) atoms. The number of hydrogen-bond acceptors (Lipinski definition) is 8. The summed E-state index contributed by atoms with van der Waals surface area (Å²) in [5, 5.41) is 11.9. The van der Waals surface area contributed by atoms with Crippen LogP contribution in [0.15, 0.2) is 23.9 Å². The Bertz CT molecular complexity index is 1790. The molecular weight excluding hydrogens is 544 g/mol. The van der Waals surface area contributed by atoms with Crippen molar-refractivity contribution >= 4 is 40.3 Å². The lowest BCUT2D eigenvalue weighted by molar-refractivity contribution is 0.0321. The molecule has 12 nitrogen and oxygen atoms in total. The number of rotatable bonds is 3. The predicted molar refractivity (Wildman–Crippen MR) is 149 cm³/mol. The standard InChI is InChI=1S/C30H30N4O8/c1-29(2,3)42-28(39)34-12-13-11-30(13)16-9-17(31-22(16)19(35)10-20(30)34)26(37)33-7-6-14-15-8-18(27(38)41-5)32-21(15)25(40-4)24(36)23(14)33/h8-10,13,31-32,36H,6-7,11-12H2,1-5H3/t13-,30-/m1/s1. The van der Waals surface area contributed by atoms with Crippen molar-refractivity contribution < 1.29 is 38.5 Å². The summed E-state index contributed by atoms with van der Waals surface area (Å²) in [7, 11) is 2.67. The van der Waals surface area contributed by atoms with E-state index in [4.69, 9.17) is 14.2 Å². The zero-order chi connectivity index (χ0) is 29.9. The third kappa shape index (κ3) is 3.40. The van der Waals surface area contributed by atoms with E-state index in [-0.39, 0.29) is 46.8 Å². The fourth-order valence-electron chi connectivity index (χ4n) is 6.91. The number of methoxy groups -OCH3 is 2. The van der Waals surface area contributed by atoms with Gasteiger partial charge in [0.05, 0.1) is 31.1 Å². The molecule has 3 aromatic rings. The van der Waals surface area contributed by atoms with E-state index in [0.29, 0.717) is 46.4 Å². The maximum atomic E-state index is 14.0. The lowest BCUT2D eigenvalue weighted by Gasteiger charge is -2.30. The molecule has 1 aromatic carbocycles. The first-order valence-electron chi connectivity index (χ1n) is 13.7. The van der Waals surface area contributed by atoms with Crippen LogP contribution in [0.2, 0.25) is 0 Å². The van der Waals surface area contributed by atoms with Crippen LogP contribution in [0.25, 0.3) is 10.9 Å². The minimum Gasteiger partial charge on any atom is -0.503 e. The lowest BCUT2D eigenvalue weighted by atomic mass is 9.85. The van der Waals surface area contributed by atoms with Gasteiger partial charge in [0.25, 0.3) is 5.91 Å². The monoisotopic (exact) mass is 574 g/mol. The van der Waals surface area contributed by atoms with Gasteiger partial charge in [-0.3, -0.25) is 14.5 Å². The molecule has 2 aliphatic heterocycles. The lowest BCUT2D eigenvalue weighted by Crippen LogP contribution is -2.37. The fraction of sp³-hybridized carbons (Fsp3) is 0.400. The Morgan fingerprint density at radius 2 is 1.86 bits per heavy atom. The highest BCUT2D eigenvalue weighted by Gasteiger charge is 2.68. The quantitative estimate of drug-likeness (QED) is 0.399. The van der Waals surface area contributed by atoms with E-state index >= 15 is 0 Å². The van der Waals surface area contributed by atoms with Crippen LogP contribution < -0.4 is 9.64 Å². The molecule has 3 N–H and O–H groups in total. The first kappa shape index (κ1) is 26.2. The summed E-state index contributed by atoms with van der Waals surface area (Å²) >= 11 is 0. The van der Waals surface area contributed by atoms with Gasteiger partial charge in [0.15, 0.2) is 11.5 Å². The Balaban J connectivity index is 1.25. The summed E-state index contributed by atoms with van der Waals surface area (Å²) in [4.78, 5) is 61.4. The van der Waals surface area contributed by atoms with Crippen LogP contribution in [-0.2, 0) is 21.3 Å². The Morgan fingerprint density at radius 3 is 2.55 bits per heavy atom. The molecule has 12 heteroatoms. The molecule has 1 saturated heterocycles. The second-order valence-electron chi connectivity index (χ2n) is 12.2. The average molecular weight is 575 g/mol. The molecule has 7 rings (SSSR count). The molecule has 1 saturated carbocycles. The number of aromatic nitrogens is 2. The van der Waals surface area contributed by atoms with Crippen molar-refractivity contribution in [2.45, 2.75) is 44.6 Å². The van der Waals surface area contributed by atoms with Gasteiger partial charge in [0.1, 0.15) is 17.0 Å². The van der Waals surface area contributed by atoms with Crippen LogP contribution in [0.4, 0.5) is 10.5 Å². The second kappa shape index (κ2) is 8.40. The Kier molecular flexibility index (Phi) is 5.24. The molecule has 1 spiro atoms. The number of amides is 2. The molecule has 2 atom stereocenters. The number of fused-ring (bicyclic) bond motifs is 4. The van der Waals surface area contributed by atoms with Crippen LogP contribution in [-0.4, -0.2) is 76.6 Å². The summed E-state index contributed by atoms with van der Waals surface area (Å²) in [5.74, 6) is -1.33. The Hall–Kier alpha value is -4.74. The maximum Gasteiger partial charge on any atom is 0.414 e. The molecule has 2 aliphatic carbocycles. The number of carbonyl (C=O) groups is 4.